The minimum atomic E-state index is -0.794. The Hall–Kier alpha value is -2.42. The Kier molecular flexibility index (Phi) is 3.57. The summed E-state index contributed by atoms with van der Waals surface area (Å²) < 4.78 is 5.24. The third-order valence-corrected chi connectivity index (χ3v) is 3.60. The molecule has 2 aromatic carbocycles. The molecule has 0 aromatic heterocycles. The van der Waals surface area contributed by atoms with E-state index >= 15 is 0 Å². The molecule has 3 heteroatoms. The lowest BCUT2D eigenvalue weighted by atomic mass is 9.91. The molecule has 3 rings (SSSR count). The molecule has 0 spiro atoms. The number of benzene rings is 2. The minimum absolute atomic E-state index is 0.150. The maximum Gasteiger partial charge on any atom is 0.306 e. The minimum Gasteiger partial charge on any atom is -0.450 e. The van der Waals surface area contributed by atoms with Crippen molar-refractivity contribution in [3.63, 3.8) is 0 Å². The van der Waals surface area contributed by atoms with Crippen LogP contribution in [0.3, 0.4) is 0 Å². The van der Waals surface area contributed by atoms with Crippen molar-refractivity contribution in [1.82, 2.24) is 0 Å². The Labute approximate surface area is 123 Å². The molecule has 0 aliphatic heterocycles. The smallest absolute Gasteiger partial charge is 0.306 e. The molecular weight excluding hydrogens is 264 g/mol. The van der Waals surface area contributed by atoms with Gasteiger partial charge >= 0.3 is 5.97 Å². The first-order chi connectivity index (χ1) is 10.2. The lowest BCUT2D eigenvalue weighted by Crippen LogP contribution is -2.28. The van der Waals surface area contributed by atoms with Gasteiger partial charge in [0.15, 0.2) is 6.10 Å². The average Bonchev–Trinajstić information content (AvgIpc) is 2.49. The van der Waals surface area contributed by atoms with Gasteiger partial charge < -0.3 is 4.74 Å². The Morgan fingerprint density at radius 2 is 1.90 bits per heavy atom. The van der Waals surface area contributed by atoms with Crippen LogP contribution in [0.1, 0.15) is 35.7 Å². The number of hydrogen-bond donors (Lipinski definition) is 0. The first kappa shape index (κ1) is 13.6. The zero-order valence-corrected chi connectivity index (χ0v) is 11.8. The molecule has 0 amide bonds. The van der Waals surface area contributed by atoms with Crippen LogP contribution in [-0.4, -0.2) is 17.9 Å². The first-order valence-corrected chi connectivity index (χ1v) is 7.13. The summed E-state index contributed by atoms with van der Waals surface area (Å²) in [5.41, 5.74) is 1.49. The number of carbonyl (C=O) groups excluding carboxylic acids is 2. The van der Waals surface area contributed by atoms with Crippen molar-refractivity contribution < 1.29 is 14.3 Å². The standard InChI is InChI=1S/C18H16O3/c1-2-5-17(19)21-16-9-8-14-10-12-6-3-4-7-13(12)11-15(14)18(16)20/h3-4,6-11,16H,2,5H2,1H3. The van der Waals surface area contributed by atoms with E-state index < -0.39 is 6.10 Å². The van der Waals surface area contributed by atoms with Crippen LogP contribution in [-0.2, 0) is 9.53 Å². The highest BCUT2D eigenvalue weighted by Crippen LogP contribution is 2.26. The number of rotatable bonds is 3. The predicted octanol–water partition coefficient (Wildman–Crippen LogP) is 3.76. The number of Topliss-reactive ketones (excluding diaryl/α,β-unsaturated/α-hetero) is 1. The van der Waals surface area contributed by atoms with Crippen LogP contribution in [0.4, 0.5) is 0 Å². The average molecular weight is 280 g/mol. The summed E-state index contributed by atoms with van der Waals surface area (Å²) >= 11 is 0. The molecule has 1 unspecified atom stereocenters. The number of fused-ring (bicyclic) bond motifs is 2. The van der Waals surface area contributed by atoms with Crippen LogP contribution in [0.25, 0.3) is 16.8 Å². The van der Waals surface area contributed by atoms with Crippen molar-refractivity contribution in [1.29, 1.82) is 0 Å². The lowest BCUT2D eigenvalue weighted by Gasteiger charge is -2.19. The summed E-state index contributed by atoms with van der Waals surface area (Å²) in [5, 5.41) is 2.11. The fraction of sp³-hybridized carbons (Fsp3) is 0.222. The Balaban J connectivity index is 1.94. The molecular formula is C18H16O3. The Morgan fingerprint density at radius 3 is 2.62 bits per heavy atom. The van der Waals surface area contributed by atoms with Crippen molar-refractivity contribution in [2.75, 3.05) is 0 Å². The number of ketones is 1. The van der Waals surface area contributed by atoms with Gasteiger partial charge in [-0.3, -0.25) is 9.59 Å². The van der Waals surface area contributed by atoms with Crippen molar-refractivity contribution in [3.05, 3.63) is 53.6 Å². The van der Waals surface area contributed by atoms with Crippen molar-refractivity contribution >= 4 is 28.6 Å². The zero-order chi connectivity index (χ0) is 14.8. The highest BCUT2D eigenvalue weighted by atomic mass is 16.5. The summed E-state index contributed by atoms with van der Waals surface area (Å²) in [6, 6.07) is 11.8. The molecule has 1 aliphatic carbocycles. The Bertz CT molecular complexity index is 743. The molecule has 21 heavy (non-hydrogen) atoms. The number of carbonyl (C=O) groups is 2. The third kappa shape index (κ3) is 2.59. The van der Waals surface area contributed by atoms with Gasteiger partial charge in [-0.05, 0) is 41.0 Å². The van der Waals surface area contributed by atoms with E-state index in [9.17, 15) is 9.59 Å². The van der Waals surface area contributed by atoms with Crippen LogP contribution in [0.5, 0.6) is 0 Å². The van der Waals surface area contributed by atoms with Gasteiger partial charge in [-0.25, -0.2) is 0 Å². The van der Waals surface area contributed by atoms with Crippen LogP contribution in [0.15, 0.2) is 42.5 Å². The van der Waals surface area contributed by atoms with E-state index in [1.165, 1.54) is 0 Å². The van der Waals surface area contributed by atoms with Gasteiger partial charge in [0.05, 0.1) is 0 Å². The summed E-state index contributed by atoms with van der Waals surface area (Å²) in [5.74, 6) is -0.479. The van der Waals surface area contributed by atoms with Gasteiger partial charge in [0.2, 0.25) is 5.78 Å². The summed E-state index contributed by atoms with van der Waals surface area (Å²) in [6.07, 6.45) is 3.77. The van der Waals surface area contributed by atoms with Gasteiger partial charge in [-0.2, -0.15) is 0 Å². The molecule has 0 radical (unpaired) electrons. The maximum atomic E-state index is 12.5. The molecule has 1 atom stereocenters. The molecule has 3 nitrogen and oxygen atoms in total. The van der Waals surface area contributed by atoms with Gasteiger partial charge in [0, 0.05) is 12.0 Å². The molecule has 0 heterocycles. The predicted molar refractivity (Wildman–Crippen MR) is 82.1 cm³/mol. The van der Waals surface area contributed by atoms with E-state index in [0.717, 1.165) is 16.3 Å². The molecule has 0 saturated heterocycles. The quantitative estimate of drug-likeness (QED) is 0.804. The van der Waals surface area contributed by atoms with E-state index in [2.05, 4.69) is 0 Å². The van der Waals surface area contributed by atoms with Crippen LogP contribution >= 0.6 is 0 Å². The second-order valence-corrected chi connectivity index (χ2v) is 5.17. The summed E-state index contributed by atoms with van der Waals surface area (Å²) in [4.78, 5) is 24.0. The van der Waals surface area contributed by atoms with Gasteiger partial charge in [-0.1, -0.05) is 37.3 Å². The molecule has 0 fully saturated rings. The van der Waals surface area contributed by atoms with E-state index in [-0.39, 0.29) is 11.8 Å². The lowest BCUT2D eigenvalue weighted by molar-refractivity contribution is -0.145. The topological polar surface area (TPSA) is 43.4 Å². The zero-order valence-electron chi connectivity index (χ0n) is 11.8. The molecule has 0 bridgehead atoms. The summed E-state index contributed by atoms with van der Waals surface area (Å²) in [6.45, 7) is 1.90. The molecule has 0 saturated carbocycles. The van der Waals surface area contributed by atoms with E-state index in [1.54, 1.807) is 6.08 Å². The first-order valence-electron chi connectivity index (χ1n) is 7.13. The SMILES string of the molecule is CCCC(=O)OC1C=Cc2cc3ccccc3cc2C1=O. The second-order valence-electron chi connectivity index (χ2n) is 5.17. The van der Waals surface area contributed by atoms with Crippen molar-refractivity contribution in [2.45, 2.75) is 25.9 Å². The van der Waals surface area contributed by atoms with E-state index in [1.807, 2.05) is 49.4 Å². The molecule has 0 N–H and O–H groups in total. The number of ether oxygens (including phenoxy) is 1. The van der Waals surface area contributed by atoms with Crippen molar-refractivity contribution in [2.24, 2.45) is 0 Å². The van der Waals surface area contributed by atoms with Crippen LogP contribution in [0, 0.1) is 0 Å². The second kappa shape index (κ2) is 5.52. The van der Waals surface area contributed by atoms with E-state index in [0.29, 0.717) is 18.4 Å². The van der Waals surface area contributed by atoms with Gasteiger partial charge in [-0.15, -0.1) is 0 Å². The highest BCUT2D eigenvalue weighted by molar-refractivity contribution is 6.09. The van der Waals surface area contributed by atoms with Crippen LogP contribution in [0.2, 0.25) is 0 Å². The molecule has 2 aromatic rings. The third-order valence-electron chi connectivity index (χ3n) is 3.60. The monoisotopic (exact) mass is 280 g/mol. The van der Waals surface area contributed by atoms with Gasteiger partial charge in [0.25, 0.3) is 0 Å². The molecule has 1 aliphatic rings. The van der Waals surface area contributed by atoms with Crippen molar-refractivity contribution in [3.8, 4) is 0 Å². The summed E-state index contributed by atoms with van der Waals surface area (Å²) in [7, 11) is 0. The fourth-order valence-corrected chi connectivity index (χ4v) is 2.54. The maximum absolute atomic E-state index is 12.5. The molecule has 106 valence electrons. The largest absolute Gasteiger partial charge is 0.450 e. The van der Waals surface area contributed by atoms with Gasteiger partial charge in [0.1, 0.15) is 0 Å². The number of hydrogen-bond acceptors (Lipinski definition) is 3. The fourth-order valence-electron chi connectivity index (χ4n) is 2.54. The normalized spacial score (nSPS) is 16.8. The highest BCUT2D eigenvalue weighted by Gasteiger charge is 2.26. The van der Waals surface area contributed by atoms with Crippen LogP contribution < -0.4 is 0 Å². The number of esters is 1. The van der Waals surface area contributed by atoms with E-state index in [4.69, 9.17) is 4.74 Å². The Morgan fingerprint density at radius 1 is 1.19 bits per heavy atom.